The first-order valence-corrected chi connectivity index (χ1v) is 8.23. The molecule has 2 N–H and O–H groups in total. The van der Waals surface area contributed by atoms with Crippen LogP contribution in [-0.4, -0.2) is 41.1 Å². The van der Waals surface area contributed by atoms with Gasteiger partial charge in [0.1, 0.15) is 0 Å². The van der Waals surface area contributed by atoms with Gasteiger partial charge in [-0.2, -0.15) is 0 Å². The van der Waals surface area contributed by atoms with Gasteiger partial charge in [0.05, 0.1) is 12.1 Å². The molecule has 1 amide bonds. The van der Waals surface area contributed by atoms with Crippen molar-refractivity contribution in [2.75, 3.05) is 13.1 Å². The van der Waals surface area contributed by atoms with E-state index in [2.05, 4.69) is 23.2 Å². The Balaban J connectivity index is 1.88. The van der Waals surface area contributed by atoms with Crippen molar-refractivity contribution in [1.82, 2.24) is 10.2 Å². The number of rotatable bonds is 5. The summed E-state index contributed by atoms with van der Waals surface area (Å²) in [6.07, 6.45) is 1.79. The number of piperidine rings is 1. The molecule has 3 atom stereocenters. The number of aliphatic hydroxyl groups excluding tert-OH is 1. The van der Waals surface area contributed by atoms with E-state index in [0.29, 0.717) is 6.54 Å². The summed E-state index contributed by atoms with van der Waals surface area (Å²) < 4.78 is 0. The highest BCUT2D eigenvalue weighted by Gasteiger charge is 2.29. The number of hydrogen-bond acceptors (Lipinski definition) is 3. The number of aliphatic hydroxyl groups is 1. The molecule has 0 spiro atoms. The lowest BCUT2D eigenvalue weighted by molar-refractivity contribution is -0.127. The summed E-state index contributed by atoms with van der Waals surface area (Å²) in [5.74, 6) is 0.342. The predicted molar refractivity (Wildman–Crippen MR) is 88.5 cm³/mol. The van der Waals surface area contributed by atoms with E-state index < -0.39 is 0 Å². The van der Waals surface area contributed by atoms with Gasteiger partial charge in [0.15, 0.2) is 0 Å². The van der Waals surface area contributed by atoms with Gasteiger partial charge in [-0.15, -0.1) is 0 Å². The lowest BCUT2D eigenvalue weighted by Gasteiger charge is -2.37. The van der Waals surface area contributed by atoms with Gasteiger partial charge in [-0.05, 0) is 57.2 Å². The Kier molecular flexibility index (Phi) is 5.98. The molecule has 1 heterocycles. The molecule has 0 radical (unpaired) electrons. The van der Waals surface area contributed by atoms with Gasteiger partial charge in [-0.1, -0.05) is 24.3 Å². The molecule has 4 nitrogen and oxygen atoms in total. The summed E-state index contributed by atoms with van der Waals surface area (Å²) in [5, 5.41) is 12.8. The van der Waals surface area contributed by atoms with E-state index in [1.807, 2.05) is 32.0 Å². The van der Waals surface area contributed by atoms with E-state index in [4.69, 9.17) is 0 Å². The first-order chi connectivity index (χ1) is 10.5. The second-order valence-corrected chi connectivity index (χ2v) is 6.46. The van der Waals surface area contributed by atoms with E-state index in [9.17, 15) is 9.90 Å². The van der Waals surface area contributed by atoms with Crippen molar-refractivity contribution in [3.8, 4) is 0 Å². The molecule has 2 rings (SSSR count). The van der Waals surface area contributed by atoms with Crippen molar-refractivity contribution in [3.05, 3.63) is 35.4 Å². The highest BCUT2D eigenvalue weighted by atomic mass is 16.3. The first-order valence-electron chi connectivity index (χ1n) is 8.23. The topological polar surface area (TPSA) is 52.6 Å². The van der Waals surface area contributed by atoms with Crippen LogP contribution < -0.4 is 5.32 Å². The molecule has 0 aliphatic carbocycles. The molecule has 0 saturated carbocycles. The van der Waals surface area contributed by atoms with Crippen molar-refractivity contribution in [3.63, 3.8) is 0 Å². The second kappa shape index (κ2) is 7.75. The Morgan fingerprint density at radius 3 is 2.82 bits per heavy atom. The van der Waals surface area contributed by atoms with Gasteiger partial charge in [-0.25, -0.2) is 0 Å². The summed E-state index contributed by atoms with van der Waals surface area (Å²) >= 11 is 0. The van der Waals surface area contributed by atoms with E-state index in [-0.39, 0.29) is 24.0 Å². The minimum atomic E-state index is -0.301. The van der Waals surface area contributed by atoms with E-state index >= 15 is 0 Å². The van der Waals surface area contributed by atoms with Gasteiger partial charge in [-0.3, -0.25) is 9.69 Å². The van der Waals surface area contributed by atoms with Crippen LogP contribution in [0.4, 0.5) is 0 Å². The zero-order valence-electron chi connectivity index (χ0n) is 13.9. The van der Waals surface area contributed by atoms with Crippen LogP contribution in [0.1, 0.15) is 37.8 Å². The zero-order chi connectivity index (χ0) is 16.1. The van der Waals surface area contributed by atoms with E-state index in [0.717, 1.165) is 31.5 Å². The normalized spacial score (nSPS) is 22.1. The summed E-state index contributed by atoms with van der Waals surface area (Å²) in [6.45, 7) is 8.17. The fourth-order valence-corrected chi connectivity index (χ4v) is 3.09. The maximum Gasteiger partial charge on any atom is 0.237 e. The average molecular weight is 304 g/mol. The number of carbonyl (C=O) groups excluding carboxylic acids is 1. The van der Waals surface area contributed by atoms with Crippen LogP contribution in [0.3, 0.4) is 0 Å². The maximum absolute atomic E-state index is 12.4. The van der Waals surface area contributed by atoms with Gasteiger partial charge in [0.2, 0.25) is 5.91 Å². The van der Waals surface area contributed by atoms with Crippen molar-refractivity contribution in [2.45, 2.75) is 52.3 Å². The van der Waals surface area contributed by atoms with E-state index in [1.165, 1.54) is 5.56 Å². The number of benzene rings is 1. The van der Waals surface area contributed by atoms with Gasteiger partial charge < -0.3 is 10.4 Å². The molecule has 22 heavy (non-hydrogen) atoms. The Morgan fingerprint density at radius 1 is 1.41 bits per heavy atom. The number of aryl methyl sites for hydroxylation is 1. The zero-order valence-corrected chi connectivity index (χ0v) is 13.9. The summed E-state index contributed by atoms with van der Waals surface area (Å²) in [6, 6.07) is 7.96. The van der Waals surface area contributed by atoms with Crippen molar-refractivity contribution >= 4 is 5.91 Å². The largest absolute Gasteiger partial charge is 0.393 e. The predicted octanol–water partition coefficient (Wildman–Crippen LogP) is 2.09. The highest BCUT2D eigenvalue weighted by Crippen LogP contribution is 2.21. The van der Waals surface area contributed by atoms with Crippen LogP contribution >= 0.6 is 0 Å². The van der Waals surface area contributed by atoms with E-state index in [1.54, 1.807) is 0 Å². The third-order valence-electron chi connectivity index (χ3n) is 4.81. The Labute approximate surface area is 133 Å². The van der Waals surface area contributed by atoms with Crippen LogP contribution in [0.2, 0.25) is 0 Å². The number of carbonyl (C=O) groups is 1. The third-order valence-corrected chi connectivity index (χ3v) is 4.81. The lowest BCUT2D eigenvalue weighted by Crippen LogP contribution is -2.50. The molecular weight excluding hydrogens is 276 g/mol. The van der Waals surface area contributed by atoms with Crippen molar-refractivity contribution in [1.29, 1.82) is 0 Å². The van der Waals surface area contributed by atoms with Gasteiger partial charge in [0, 0.05) is 13.1 Å². The molecule has 0 bridgehead atoms. The van der Waals surface area contributed by atoms with Crippen molar-refractivity contribution < 1.29 is 9.90 Å². The fraction of sp³-hybridized carbons (Fsp3) is 0.611. The molecule has 1 aliphatic rings. The maximum atomic E-state index is 12.4. The monoisotopic (exact) mass is 304 g/mol. The smallest absolute Gasteiger partial charge is 0.237 e. The molecule has 1 saturated heterocycles. The third kappa shape index (κ3) is 4.31. The highest BCUT2D eigenvalue weighted by molar-refractivity contribution is 5.81. The molecule has 4 heteroatoms. The number of nitrogens with zero attached hydrogens (tertiary/aromatic N) is 1. The molecule has 1 aromatic rings. The minimum absolute atomic E-state index is 0.0643. The number of likely N-dealkylation sites (tertiary alicyclic amines) is 1. The van der Waals surface area contributed by atoms with Gasteiger partial charge in [0.25, 0.3) is 0 Å². The second-order valence-electron chi connectivity index (χ2n) is 6.46. The summed E-state index contributed by atoms with van der Waals surface area (Å²) in [4.78, 5) is 14.6. The Morgan fingerprint density at radius 2 is 2.14 bits per heavy atom. The van der Waals surface area contributed by atoms with Crippen LogP contribution in [0.5, 0.6) is 0 Å². The molecule has 0 aromatic heterocycles. The summed E-state index contributed by atoms with van der Waals surface area (Å²) in [7, 11) is 0. The lowest BCUT2D eigenvalue weighted by atomic mass is 9.92. The standard InChI is InChI=1S/C18H28N2O2/c1-13-7-4-5-8-16(13)11-19-18(22)14(2)20-10-6-9-17(12-20)15(3)21/h4-5,7-8,14-15,17,21H,6,9-12H2,1-3H3,(H,19,22). The van der Waals surface area contributed by atoms with Crippen LogP contribution in [0, 0.1) is 12.8 Å². The quantitative estimate of drug-likeness (QED) is 0.876. The molecule has 1 fully saturated rings. The molecular formula is C18H28N2O2. The number of hydrogen-bond donors (Lipinski definition) is 2. The molecule has 1 aromatic carbocycles. The van der Waals surface area contributed by atoms with Crippen LogP contribution in [0.15, 0.2) is 24.3 Å². The number of nitrogens with one attached hydrogen (secondary N) is 1. The van der Waals surface area contributed by atoms with Crippen molar-refractivity contribution in [2.24, 2.45) is 5.92 Å². The molecule has 122 valence electrons. The SMILES string of the molecule is Cc1ccccc1CNC(=O)C(C)N1CCCC(C(C)O)C1. The molecule has 1 aliphatic heterocycles. The van der Waals surface area contributed by atoms with Crippen LogP contribution in [0.25, 0.3) is 0 Å². The minimum Gasteiger partial charge on any atom is -0.393 e. The Bertz CT molecular complexity index is 502. The first kappa shape index (κ1) is 17.0. The van der Waals surface area contributed by atoms with Crippen LogP contribution in [-0.2, 0) is 11.3 Å². The fourth-order valence-electron chi connectivity index (χ4n) is 3.09. The summed E-state index contributed by atoms with van der Waals surface area (Å²) in [5.41, 5.74) is 2.35. The van der Waals surface area contributed by atoms with Gasteiger partial charge >= 0.3 is 0 Å². The molecule has 3 unspecified atom stereocenters. The number of amides is 1. The Hall–Kier alpha value is -1.39. The average Bonchev–Trinajstić information content (AvgIpc) is 2.53.